The molecule has 0 atom stereocenters. The lowest BCUT2D eigenvalue weighted by Gasteiger charge is -2.34. The Labute approximate surface area is 186 Å². The number of nitrogens with two attached hydrogens (primary N) is 1. The molecule has 0 unspecified atom stereocenters. The predicted octanol–water partition coefficient (Wildman–Crippen LogP) is 3.18. The predicted molar refractivity (Wildman–Crippen MR) is 123 cm³/mol. The van der Waals surface area contributed by atoms with Gasteiger partial charge in [0.15, 0.2) is 5.82 Å². The maximum absolute atomic E-state index is 14.7. The quantitative estimate of drug-likeness (QED) is 0.454. The second-order valence-corrected chi connectivity index (χ2v) is 8.08. The molecule has 0 saturated carbocycles. The number of hydrogen-bond acceptors (Lipinski definition) is 5. The number of carbonyl (C=O) groups excluding carboxylic acids is 1. The first kappa shape index (κ1) is 22.0. The van der Waals surface area contributed by atoms with Crippen LogP contribution in [0.2, 0.25) is 0 Å². The molecule has 0 spiro atoms. The lowest BCUT2D eigenvalue weighted by Crippen LogP contribution is -2.37. The number of piperidine rings is 1. The number of aliphatic hydroxyl groups is 1. The summed E-state index contributed by atoms with van der Waals surface area (Å²) in [7, 11) is 0. The zero-order chi connectivity index (χ0) is 22.5. The third-order valence-corrected chi connectivity index (χ3v) is 5.93. The van der Waals surface area contributed by atoms with Gasteiger partial charge in [0.05, 0.1) is 23.3 Å². The Morgan fingerprint density at radius 1 is 1.25 bits per heavy atom. The molecule has 8 heteroatoms. The molecule has 4 rings (SSSR count). The van der Waals surface area contributed by atoms with Crippen molar-refractivity contribution in [2.45, 2.75) is 19.3 Å². The van der Waals surface area contributed by atoms with E-state index >= 15 is 0 Å². The summed E-state index contributed by atoms with van der Waals surface area (Å²) in [6.07, 6.45) is 3.95. The zero-order valence-electron chi connectivity index (χ0n) is 17.9. The van der Waals surface area contributed by atoms with Gasteiger partial charge in [0.2, 0.25) is 0 Å². The summed E-state index contributed by atoms with van der Waals surface area (Å²) in [6.45, 7) is 2.10. The molecule has 1 aliphatic heterocycles. The Kier molecular flexibility index (Phi) is 6.82. The van der Waals surface area contributed by atoms with Crippen molar-refractivity contribution in [2.75, 3.05) is 36.5 Å². The Hall–Kier alpha value is -3.23. The molecule has 0 aliphatic carbocycles. The van der Waals surface area contributed by atoms with E-state index in [9.17, 15) is 9.18 Å². The average Bonchev–Trinajstić information content (AvgIpc) is 3.31. The first-order valence-corrected chi connectivity index (χ1v) is 10.9. The highest BCUT2D eigenvalue weighted by molar-refractivity contribution is 6.04. The maximum Gasteiger partial charge on any atom is 0.291 e. The van der Waals surface area contributed by atoms with Crippen molar-refractivity contribution in [3.05, 3.63) is 65.9 Å². The number of H-pyrrole nitrogens is 1. The summed E-state index contributed by atoms with van der Waals surface area (Å²) in [5, 5.41) is 12.0. The second kappa shape index (κ2) is 9.93. The third kappa shape index (κ3) is 4.81. The van der Waals surface area contributed by atoms with Crippen molar-refractivity contribution in [3.8, 4) is 11.3 Å². The lowest BCUT2D eigenvalue weighted by atomic mass is 9.96. The van der Waals surface area contributed by atoms with Crippen molar-refractivity contribution < 1.29 is 14.3 Å². The number of nitrogens with zero attached hydrogens (tertiary/aromatic N) is 2. The number of halogens is 1. The first-order chi connectivity index (χ1) is 15.6. The topological polar surface area (TPSA) is 107 Å². The number of aliphatic hydroxyl groups excluding tert-OH is 1. The van der Waals surface area contributed by atoms with E-state index in [4.69, 9.17) is 10.8 Å². The number of amides is 1. The van der Waals surface area contributed by atoms with E-state index in [1.165, 1.54) is 6.07 Å². The minimum atomic E-state index is -0.438. The van der Waals surface area contributed by atoms with Crippen LogP contribution < -0.4 is 16.0 Å². The fourth-order valence-corrected chi connectivity index (χ4v) is 4.12. The fourth-order valence-electron chi connectivity index (χ4n) is 4.12. The van der Waals surface area contributed by atoms with Gasteiger partial charge >= 0.3 is 0 Å². The molecular weight excluding hydrogens is 409 g/mol. The van der Waals surface area contributed by atoms with E-state index in [1.807, 2.05) is 29.2 Å². The maximum atomic E-state index is 14.7. The van der Waals surface area contributed by atoms with E-state index < -0.39 is 5.91 Å². The highest BCUT2D eigenvalue weighted by atomic mass is 19.1. The fraction of sp³-hybridized carbons (Fsp3) is 0.333. The summed E-state index contributed by atoms with van der Waals surface area (Å²) < 4.78 is 14.7. The molecule has 1 saturated heterocycles. The van der Waals surface area contributed by atoms with E-state index in [0.29, 0.717) is 49.0 Å². The van der Waals surface area contributed by atoms with Crippen LogP contribution in [0.25, 0.3) is 11.3 Å². The Bertz CT molecular complexity index is 1080. The van der Waals surface area contributed by atoms with Gasteiger partial charge in [-0.3, -0.25) is 4.79 Å². The second-order valence-electron chi connectivity index (χ2n) is 8.08. The van der Waals surface area contributed by atoms with E-state index in [1.54, 1.807) is 18.3 Å². The van der Waals surface area contributed by atoms with Crippen molar-refractivity contribution in [1.29, 1.82) is 0 Å². The number of hydrogen-bond donors (Lipinski definition) is 4. The van der Waals surface area contributed by atoms with Gasteiger partial charge < -0.3 is 26.0 Å². The van der Waals surface area contributed by atoms with Crippen LogP contribution >= 0.6 is 0 Å². The van der Waals surface area contributed by atoms with Gasteiger partial charge in [0.1, 0.15) is 5.82 Å². The monoisotopic (exact) mass is 437 g/mol. The molecule has 0 bridgehead atoms. The molecule has 7 nitrogen and oxygen atoms in total. The Morgan fingerprint density at radius 3 is 2.78 bits per heavy atom. The molecule has 2 heterocycles. The van der Waals surface area contributed by atoms with Crippen molar-refractivity contribution in [1.82, 2.24) is 9.97 Å². The van der Waals surface area contributed by atoms with Crippen LogP contribution in [0.4, 0.5) is 15.8 Å². The minimum absolute atomic E-state index is 0.0694. The molecule has 3 aromatic rings. The van der Waals surface area contributed by atoms with E-state index in [-0.39, 0.29) is 18.2 Å². The number of carbonyl (C=O) groups is 1. The summed E-state index contributed by atoms with van der Waals surface area (Å²) in [5.41, 5.74) is 9.16. The molecule has 32 heavy (non-hydrogen) atoms. The number of anilines is 2. The van der Waals surface area contributed by atoms with Crippen LogP contribution in [0.3, 0.4) is 0 Å². The Balaban J connectivity index is 1.52. The van der Waals surface area contributed by atoms with Gasteiger partial charge in [-0.15, -0.1) is 0 Å². The number of aromatic amines is 1. The molecule has 1 amide bonds. The summed E-state index contributed by atoms with van der Waals surface area (Å²) in [4.78, 5) is 22.1. The van der Waals surface area contributed by atoms with Crippen LogP contribution in [-0.2, 0) is 6.42 Å². The normalized spacial score (nSPS) is 14.5. The summed E-state index contributed by atoms with van der Waals surface area (Å²) in [6, 6.07) is 12.4. The van der Waals surface area contributed by atoms with Gasteiger partial charge in [-0.25, -0.2) is 9.37 Å². The molecule has 1 fully saturated rings. The van der Waals surface area contributed by atoms with Gasteiger partial charge in [0.25, 0.3) is 5.91 Å². The lowest BCUT2D eigenvalue weighted by molar-refractivity contribution is 0.101. The smallest absolute Gasteiger partial charge is 0.291 e. The van der Waals surface area contributed by atoms with Crippen molar-refractivity contribution in [2.24, 2.45) is 11.7 Å². The van der Waals surface area contributed by atoms with Crippen LogP contribution in [-0.4, -0.2) is 47.2 Å². The van der Waals surface area contributed by atoms with Crippen molar-refractivity contribution >= 4 is 17.3 Å². The SMILES string of the molecule is NCC1CCN(c2c(F)cccc2NC(=O)c2ncc(-c3cccc(CCO)c3)[nH]2)CC1. The Morgan fingerprint density at radius 2 is 2.03 bits per heavy atom. The number of aromatic nitrogens is 2. The highest BCUT2D eigenvalue weighted by Gasteiger charge is 2.24. The number of benzene rings is 2. The summed E-state index contributed by atoms with van der Waals surface area (Å²) >= 11 is 0. The van der Waals surface area contributed by atoms with Gasteiger partial charge in [-0.1, -0.05) is 24.3 Å². The van der Waals surface area contributed by atoms with Crippen molar-refractivity contribution in [3.63, 3.8) is 0 Å². The molecule has 1 aromatic heterocycles. The van der Waals surface area contributed by atoms with E-state index in [0.717, 1.165) is 24.0 Å². The zero-order valence-corrected chi connectivity index (χ0v) is 17.9. The standard InChI is InChI=1S/C24H28FN5O2/c25-19-5-2-6-20(22(19)30-10-7-17(14-26)8-11-30)29-24(32)23-27-15-21(28-23)18-4-1-3-16(13-18)9-12-31/h1-6,13,15,17,31H,7-12,14,26H2,(H,27,28)(H,29,32). The number of rotatable bonds is 7. The largest absolute Gasteiger partial charge is 0.396 e. The average molecular weight is 438 g/mol. The molecule has 5 N–H and O–H groups in total. The van der Waals surface area contributed by atoms with Gasteiger partial charge in [0, 0.05) is 19.7 Å². The number of imidazole rings is 1. The van der Waals surface area contributed by atoms with Crippen LogP contribution in [0.15, 0.2) is 48.7 Å². The summed E-state index contributed by atoms with van der Waals surface area (Å²) in [5.74, 6) is -0.209. The van der Waals surface area contributed by atoms with Crippen LogP contribution in [0.1, 0.15) is 29.0 Å². The number of nitrogens with one attached hydrogen (secondary N) is 2. The van der Waals surface area contributed by atoms with Crippen LogP contribution in [0, 0.1) is 11.7 Å². The molecule has 1 aliphatic rings. The molecule has 168 valence electrons. The van der Waals surface area contributed by atoms with Gasteiger partial charge in [-0.2, -0.15) is 0 Å². The molecule has 2 aromatic carbocycles. The molecule has 0 radical (unpaired) electrons. The van der Waals surface area contributed by atoms with Gasteiger partial charge in [-0.05, 0) is 61.1 Å². The molecular formula is C24H28FN5O2. The first-order valence-electron chi connectivity index (χ1n) is 10.9. The number of para-hydroxylation sites is 1. The minimum Gasteiger partial charge on any atom is -0.396 e. The van der Waals surface area contributed by atoms with Crippen LogP contribution in [0.5, 0.6) is 0 Å². The van der Waals surface area contributed by atoms with E-state index in [2.05, 4.69) is 15.3 Å². The highest BCUT2D eigenvalue weighted by Crippen LogP contribution is 2.32. The third-order valence-electron chi connectivity index (χ3n) is 5.93.